The van der Waals surface area contributed by atoms with Gasteiger partial charge >= 0.3 is 0 Å². The third-order valence-corrected chi connectivity index (χ3v) is 2.15. The number of nitrogens with one attached hydrogen (secondary N) is 2. The second-order valence-electron chi connectivity index (χ2n) is 2.85. The maximum Gasteiger partial charge on any atom is 0.285 e. The molecule has 0 amide bonds. The molecule has 0 bridgehead atoms. The van der Waals surface area contributed by atoms with Gasteiger partial charge in [-0.2, -0.15) is 5.10 Å². The van der Waals surface area contributed by atoms with Gasteiger partial charge in [-0.3, -0.25) is 4.79 Å². The number of hydrogen-bond donors (Lipinski definition) is 2. The van der Waals surface area contributed by atoms with Crippen LogP contribution in [0.2, 0.25) is 5.02 Å². The molecule has 0 fully saturated rings. The van der Waals surface area contributed by atoms with E-state index in [4.69, 9.17) is 16.3 Å². The zero-order chi connectivity index (χ0) is 10.6. The number of H-pyrrole nitrogens is 1. The molecule has 1 heterocycles. The summed E-state index contributed by atoms with van der Waals surface area (Å²) in [6.45, 7) is 2.48. The fourth-order valence-electron chi connectivity index (χ4n) is 0.844. The number of nitrogens with zero attached hydrogens (tertiary/aromatic N) is 1. The molecular formula is C8H12ClN3O2. The summed E-state index contributed by atoms with van der Waals surface area (Å²) in [4.78, 5) is 11.0. The predicted molar refractivity (Wildman–Crippen MR) is 54.8 cm³/mol. The molecule has 1 aromatic heterocycles. The van der Waals surface area contributed by atoms with E-state index in [1.165, 1.54) is 6.20 Å². The van der Waals surface area contributed by atoms with Crippen molar-refractivity contribution in [2.24, 2.45) is 0 Å². The Bertz CT molecular complexity index is 353. The molecule has 0 aliphatic carbocycles. The van der Waals surface area contributed by atoms with E-state index < -0.39 is 5.56 Å². The van der Waals surface area contributed by atoms with Crippen molar-refractivity contribution >= 4 is 17.3 Å². The molecule has 0 radical (unpaired) electrons. The summed E-state index contributed by atoms with van der Waals surface area (Å²) >= 11 is 5.73. The van der Waals surface area contributed by atoms with Gasteiger partial charge in [0.1, 0.15) is 5.02 Å². The van der Waals surface area contributed by atoms with Crippen LogP contribution in [-0.4, -0.2) is 30.0 Å². The van der Waals surface area contributed by atoms with Crippen molar-refractivity contribution in [1.29, 1.82) is 0 Å². The van der Waals surface area contributed by atoms with Crippen LogP contribution in [0, 0.1) is 0 Å². The van der Waals surface area contributed by atoms with Crippen molar-refractivity contribution in [3.05, 3.63) is 21.6 Å². The number of halogens is 1. The van der Waals surface area contributed by atoms with Gasteiger partial charge < -0.3 is 10.1 Å². The quantitative estimate of drug-likeness (QED) is 0.786. The fraction of sp³-hybridized carbons (Fsp3) is 0.500. The van der Waals surface area contributed by atoms with Crippen LogP contribution >= 0.6 is 11.6 Å². The van der Waals surface area contributed by atoms with Crippen molar-refractivity contribution < 1.29 is 4.74 Å². The van der Waals surface area contributed by atoms with Crippen molar-refractivity contribution in [3.8, 4) is 0 Å². The smallest absolute Gasteiger partial charge is 0.285 e. The van der Waals surface area contributed by atoms with Crippen molar-refractivity contribution in [2.75, 3.05) is 19.0 Å². The summed E-state index contributed by atoms with van der Waals surface area (Å²) in [6.07, 6.45) is 1.51. The van der Waals surface area contributed by atoms with Crippen LogP contribution in [0.3, 0.4) is 0 Å². The Balaban J connectivity index is 2.68. The third kappa shape index (κ3) is 2.71. The van der Waals surface area contributed by atoms with E-state index in [-0.39, 0.29) is 11.1 Å². The standard InChI is InChI=1S/C8H12ClN3O2/c1-5(14-2)3-10-6-4-11-12-8(13)7(6)9/h4-5H,3H2,1-2H3,(H2,10,12,13). The number of ether oxygens (including phenoxy) is 1. The maximum absolute atomic E-state index is 11.0. The summed E-state index contributed by atoms with van der Waals surface area (Å²) < 4.78 is 5.03. The van der Waals surface area contributed by atoms with Crippen LogP contribution < -0.4 is 10.9 Å². The van der Waals surface area contributed by atoms with Crippen LogP contribution in [0.25, 0.3) is 0 Å². The van der Waals surface area contributed by atoms with Crippen molar-refractivity contribution in [2.45, 2.75) is 13.0 Å². The first-order chi connectivity index (χ1) is 6.65. The van der Waals surface area contributed by atoms with Gasteiger partial charge in [-0.05, 0) is 6.92 Å². The Labute approximate surface area is 86.4 Å². The largest absolute Gasteiger partial charge is 0.380 e. The minimum absolute atomic E-state index is 0.0466. The number of aromatic amines is 1. The lowest BCUT2D eigenvalue weighted by atomic mass is 10.4. The van der Waals surface area contributed by atoms with Crippen LogP contribution in [-0.2, 0) is 4.74 Å². The van der Waals surface area contributed by atoms with E-state index in [0.717, 1.165) is 0 Å². The van der Waals surface area contributed by atoms with E-state index in [1.54, 1.807) is 7.11 Å². The number of rotatable bonds is 4. The van der Waals surface area contributed by atoms with Gasteiger partial charge in [-0.25, -0.2) is 5.10 Å². The van der Waals surface area contributed by atoms with Crippen LogP contribution in [0.15, 0.2) is 11.0 Å². The highest BCUT2D eigenvalue weighted by atomic mass is 35.5. The Kier molecular flexibility index (Phi) is 3.91. The Morgan fingerprint density at radius 3 is 3.14 bits per heavy atom. The molecule has 1 atom stereocenters. The number of aromatic nitrogens is 2. The van der Waals surface area contributed by atoms with E-state index in [1.807, 2.05) is 6.92 Å². The molecule has 6 heteroatoms. The number of anilines is 1. The second-order valence-corrected chi connectivity index (χ2v) is 3.23. The molecule has 0 saturated carbocycles. The highest BCUT2D eigenvalue weighted by Crippen LogP contribution is 2.13. The third-order valence-electron chi connectivity index (χ3n) is 1.78. The second kappa shape index (κ2) is 4.97. The molecular weight excluding hydrogens is 206 g/mol. The number of methoxy groups -OCH3 is 1. The molecule has 0 aliphatic rings. The summed E-state index contributed by atoms with van der Waals surface area (Å²) in [6, 6.07) is 0. The average Bonchev–Trinajstić information content (AvgIpc) is 2.20. The highest BCUT2D eigenvalue weighted by molar-refractivity contribution is 6.32. The first-order valence-electron chi connectivity index (χ1n) is 4.15. The number of hydrogen-bond acceptors (Lipinski definition) is 4. The van der Waals surface area contributed by atoms with Gasteiger partial charge in [0.05, 0.1) is 18.0 Å². The zero-order valence-electron chi connectivity index (χ0n) is 8.00. The minimum atomic E-state index is -0.401. The first kappa shape index (κ1) is 11.0. The SMILES string of the molecule is COC(C)CNc1cn[nH]c(=O)c1Cl. The first-order valence-corrected chi connectivity index (χ1v) is 4.52. The molecule has 14 heavy (non-hydrogen) atoms. The average molecular weight is 218 g/mol. The van der Waals surface area contributed by atoms with Gasteiger partial charge in [-0.1, -0.05) is 11.6 Å². The van der Waals surface area contributed by atoms with E-state index in [9.17, 15) is 4.79 Å². The van der Waals surface area contributed by atoms with Crippen molar-refractivity contribution in [1.82, 2.24) is 10.2 Å². The molecule has 1 unspecified atom stereocenters. The topological polar surface area (TPSA) is 67.0 Å². The van der Waals surface area contributed by atoms with Crippen LogP contribution in [0.1, 0.15) is 6.92 Å². The molecule has 5 nitrogen and oxygen atoms in total. The molecule has 1 aromatic rings. The predicted octanol–water partition coefficient (Wildman–Crippen LogP) is 0.870. The Morgan fingerprint density at radius 1 is 1.79 bits per heavy atom. The molecule has 78 valence electrons. The molecule has 0 aliphatic heterocycles. The van der Waals surface area contributed by atoms with Crippen LogP contribution in [0.5, 0.6) is 0 Å². The molecule has 2 N–H and O–H groups in total. The van der Waals surface area contributed by atoms with Gasteiger partial charge in [0.25, 0.3) is 5.56 Å². The monoisotopic (exact) mass is 217 g/mol. The zero-order valence-corrected chi connectivity index (χ0v) is 8.76. The van der Waals surface area contributed by atoms with Gasteiger partial charge in [-0.15, -0.1) is 0 Å². The normalized spacial score (nSPS) is 12.5. The van der Waals surface area contributed by atoms with Gasteiger partial charge in [0, 0.05) is 13.7 Å². The summed E-state index contributed by atoms with van der Waals surface area (Å²) in [5.41, 5.74) is 0.112. The Morgan fingerprint density at radius 2 is 2.50 bits per heavy atom. The lowest BCUT2D eigenvalue weighted by Gasteiger charge is -2.11. The lowest BCUT2D eigenvalue weighted by Crippen LogP contribution is -2.20. The molecule has 1 rings (SSSR count). The molecule has 0 spiro atoms. The van der Waals surface area contributed by atoms with Gasteiger partial charge in [0.2, 0.25) is 0 Å². The molecule has 0 aromatic carbocycles. The molecule has 0 saturated heterocycles. The van der Waals surface area contributed by atoms with E-state index in [0.29, 0.717) is 12.2 Å². The van der Waals surface area contributed by atoms with E-state index >= 15 is 0 Å². The summed E-state index contributed by atoms with van der Waals surface area (Å²) in [5, 5.41) is 8.94. The fourth-order valence-corrected chi connectivity index (χ4v) is 1.00. The highest BCUT2D eigenvalue weighted by Gasteiger charge is 2.05. The van der Waals surface area contributed by atoms with Crippen molar-refractivity contribution in [3.63, 3.8) is 0 Å². The lowest BCUT2D eigenvalue weighted by molar-refractivity contribution is 0.129. The van der Waals surface area contributed by atoms with Gasteiger partial charge in [0.15, 0.2) is 0 Å². The minimum Gasteiger partial charge on any atom is -0.380 e. The maximum atomic E-state index is 11.0. The summed E-state index contributed by atoms with van der Waals surface area (Å²) in [5.74, 6) is 0. The Hall–Kier alpha value is -1.07. The summed E-state index contributed by atoms with van der Waals surface area (Å²) in [7, 11) is 1.62. The van der Waals surface area contributed by atoms with E-state index in [2.05, 4.69) is 15.5 Å². The van der Waals surface area contributed by atoms with Crippen LogP contribution in [0.4, 0.5) is 5.69 Å².